The fraction of sp³-hybridized carbons (Fsp3) is 0.600. The van der Waals surface area contributed by atoms with E-state index < -0.39 is 0 Å². The molecular formula is C20H26N4O3. The van der Waals surface area contributed by atoms with Crippen molar-refractivity contribution in [2.75, 3.05) is 26.3 Å². The van der Waals surface area contributed by atoms with Gasteiger partial charge >= 0.3 is 0 Å². The smallest absolute Gasteiger partial charge is 0.225 e. The van der Waals surface area contributed by atoms with Crippen molar-refractivity contribution in [3.8, 4) is 11.3 Å². The summed E-state index contributed by atoms with van der Waals surface area (Å²) in [6.45, 7) is 6.87. The number of amides is 1. The normalized spacial score (nSPS) is 21.0. The van der Waals surface area contributed by atoms with Crippen LogP contribution in [0.25, 0.3) is 11.3 Å². The molecule has 7 heteroatoms. The SMILES string of the molecule is Cc1noc(C)c1-c1cncc(CC2CCN(C(=O)C3CCOCC3)C2)n1. The van der Waals surface area contributed by atoms with Gasteiger partial charge in [0, 0.05) is 38.4 Å². The first-order valence-corrected chi connectivity index (χ1v) is 9.72. The van der Waals surface area contributed by atoms with Gasteiger partial charge in [0.25, 0.3) is 0 Å². The summed E-state index contributed by atoms with van der Waals surface area (Å²) in [5.74, 6) is 1.63. The van der Waals surface area contributed by atoms with Crippen LogP contribution in [0, 0.1) is 25.7 Å². The van der Waals surface area contributed by atoms with E-state index in [4.69, 9.17) is 14.2 Å². The van der Waals surface area contributed by atoms with E-state index in [0.717, 1.165) is 67.2 Å². The Bertz CT molecular complexity index is 794. The van der Waals surface area contributed by atoms with E-state index in [9.17, 15) is 4.79 Å². The molecule has 0 aromatic carbocycles. The molecule has 2 aliphatic heterocycles. The molecule has 0 spiro atoms. The molecule has 1 atom stereocenters. The number of rotatable bonds is 4. The van der Waals surface area contributed by atoms with E-state index in [0.29, 0.717) is 25.0 Å². The Morgan fingerprint density at radius 2 is 2.04 bits per heavy atom. The number of hydrogen-bond acceptors (Lipinski definition) is 6. The second kappa shape index (κ2) is 7.76. The molecule has 4 rings (SSSR count). The van der Waals surface area contributed by atoms with Gasteiger partial charge in [-0.15, -0.1) is 0 Å². The van der Waals surface area contributed by atoms with E-state index in [2.05, 4.69) is 10.1 Å². The molecule has 0 radical (unpaired) electrons. The molecule has 144 valence electrons. The monoisotopic (exact) mass is 370 g/mol. The maximum Gasteiger partial charge on any atom is 0.225 e. The van der Waals surface area contributed by atoms with Crippen molar-refractivity contribution in [3.05, 3.63) is 29.5 Å². The van der Waals surface area contributed by atoms with Gasteiger partial charge in [0.15, 0.2) is 0 Å². The molecule has 2 fully saturated rings. The second-order valence-electron chi connectivity index (χ2n) is 7.62. The summed E-state index contributed by atoms with van der Waals surface area (Å²) in [6, 6.07) is 0. The van der Waals surface area contributed by atoms with Crippen LogP contribution in [0.15, 0.2) is 16.9 Å². The van der Waals surface area contributed by atoms with Crippen LogP contribution in [0.5, 0.6) is 0 Å². The van der Waals surface area contributed by atoms with Crippen molar-refractivity contribution >= 4 is 5.91 Å². The highest BCUT2D eigenvalue weighted by molar-refractivity contribution is 5.79. The molecule has 0 N–H and O–H groups in total. The average Bonchev–Trinajstić information content (AvgIpc) is 3.28. The highest BCUT2D eigenvalue weighted by atomic mass is 16.5. The van der Waals surface area contributed by atoms with Crippen LogP contribution in [-0.2, 0) is 16.0 Å². The molecule has 2 aliphatic rings. The van der Waals surface area contributed by atoms with Crippen LogP contribution in [0.2, 0.25) is 0 Å². The summed E-state index contributed by atoms with van der Waals surface area (Å²) in [5.41, 5.74) is 3.51. The number of ether oxygens (including phenoxy) is 1. The van der Waals surface area contributed by atoms with E-state index >= 15 is 0 Å². The number of carbonyl (C=O) groups is 1. The first-order chi connectivity index (χ1) is 13.1. The lowest BCUT2D eigenvalue weighted by molar-refractivity contribution is -0.137. The quantitative estimate of drug-likeness (QED) is 0.823. The number of likely N-dealkylation sites (tertiary alicyclic amines) is 1. The number of hydrogen-bond donors (Lipinski definition) is 0. The first-order valence-electron chi connectivity index (χ1n) is 9.72. The molecule has 0 bridgehead atoms. The molecular weight excluding hydrogens is 344 g/mol. The Morgan fingerprint density at radius 1 is 1.22 bits per heavy atom. The molecule has 27 heavy (non-hydrogen) atoms. The van der Waals surface area contributed by atoms with Crippen molar-refractivity contribution in [3.63, 3.8) is 0 Å². The summed E-state index contributed by atoms with van der Waals surface area (Å²) in [5, 5.41) is 4.00. The standard InChI is InChI=1S/C20H26N4O3/c1-13-19(14(2)27-23-13)18-11-21-10-17(22-18)9-15-3-6-24(12-15)20(25)16-4-7-26-8-5-16/h10-11,15-16H,3-9,12H2,1-2H3. The molecule has 4 heterocycles. The van der Waals surface area contributed by atoms with Crippen molar-refractivity contribution in [2.24, 2.45) is 11.8 Å². The van der Waals surface area contributed by atoms with Gasteiger partial charge in [-0.3, -0.25) is 9.78 Å². The predicted octanol–water partition coefficient (Wildman–Crippen LogP) is 2.57. The Morgan fingerprint density at radius 3 is 2.78 bits per heavy atom. The molecule has 2 aromatic rings. The summed E-state index contributed by atoms with van der Waals surface area (Å²) < 4.78 is 10.6. The van der Waals surface area contributed by atoms with Gasteiger partial charge in [-0.25, -0.2) is 4.98 Å². The minimum atomic E-state index is 0.139. The third-order valence-electron chi connectivity index (χ3n) is 5.64. The van der Waals surface area contributed by atoms with Gasteiger partial charge in [0.05, 0.1) is 28.8 Å². The second-order valence-corrected chi connectivity index (χ2v) is 7.62. The number of aryl methyl sites for hydroxylation is 2. The van der Waals surface area contributed by atoms with Crippen molar-refractivity contribution in [2.45, 2.75) is 39.5 Å². The van der Waals surface area contributed by atoms with Gasteiger partial charge in [-0.05, 0) is 45.4 Å². The molecule has 1 amide bonds. The molecule has 0 saturated carbocycles. The van der Waals surface area contributed by atoms with Crippen LogP contribution < -0.4 is 0 Å². The lowest BCUT2D eigenvalue weighted by Crippen LogP contribution is -2.37. The topological polar surface area (TPSA) is 81.4 Å². The molecule has 1 unspecified atom stereocenters. The highest BCUT2D eigenvalue weighted by Gasteiger charge is 2.32. The zero-order chi connectivity index (χ0) is 18.8. The van der Waals surface area contributed by atoms with Crippen molar-refractivity contribution in [1.29, 1.82) is 0 Å². The van der Waals surface area contributed by atoms with Crippen LogP contribution in [0.3, 0.4) is 0 Å². The Balaban J connectivity index is 1.40. The lowest BCUT2D eigenvalue weighted by Gasteiger charge is -2.26. The minimum Gasteiger partial charge on any atom is -0.381 e. The fourth-order valence-electron chi connectivity index (χ4n) is 4.17. The lowest BCUT2D eigenvalue weighted by atomic mass is 9.98. The molecule has 2 aromatic heterocycles. The van der Waals surface area contributed by atoms with Gasteiger partial charge < -0.3 is 14.2 Å². The van der Waals surface area contributed by atoms with E-state index in [-0.39, 0.29) is 5.92 Å². The Labute approximate surface area is 159 Å². The summed E-state index contributed by atoms with van der Waals surface area (Å²) >= 11 is 0. The number of aromatic nitrogens is 3. The van der Waals surface area contributed by atoms with Gasteiger partial charge in [0.2, 0.25) is 5.91 Å². The van der Waals surface area contributed by atoms with Crippen LogP contribution in [0.1, 0.15) is 36.4 Å². The average molecular weight is 370 g/mol. The number of carbonyl (C=O) groups excluding carboxylic acids is 1. The summed E-state index contributed by atoms with van der Waals surface area (Å²) in [6.07, 6.45) is 7.14. The highest BCUT2D eigenvalue weighted by Crippen LogP contribution is 2.27. The van der Waals surface area contributed by atoms with Crippen LogP contribution in [-0.4, -0.2) is 52.2 Å². The Kier molecular flexibility index (Phi) is 5.20. The van der Waals surface area contributed by atoms with E-state index in [1.165, 1.54) is 0 Å². The Hall–Kier alpha value is -2.28. The largest absolute Gasteiger partial charge is 0.381 e. The molecule has 0 aliphatic carbocycles. The van der Waals surface area contributed by atoms with Crippen molar-refractivity contribution < 1.29 is 14.1 Å². The van der Waals surface area contributed by atoms with Crippen LogP contribution >= 0.6 is 0 Å². The molecule has 2 saturated heterocycles. The maximum atomic E-state index is 12.7. The number of nitrogens with zero attached hydrogens (tertiary/aromatic N) is 4. The van der Waals surface area contributed by atoms with E-state index in [1.54, 1.807) is 6.20 Å². The molecule has 7 nitrogen and oxygen atoms in total. The first kappa shape index (κ1) is 18.1. The third-order valence-corrected chi connectivity index (χ3v) is 5.64. The minimum absolute atomic E-state index is 0.139. The van der Waals surface area contributed by atoms with Crippen LogP contribution in [0.4, 0.5) is 0 Å². The zero-order valence-electron chi connectivity index (χ0n) is 16.0. The van der Waals surface area contributed by atoms with Crippen molar-refractivity contribution in [1.82, 2.24) is 20.0 Å². The third kappa shape index (κ3) is 3.88. The predicted molar refractivity (Wildman–Crippen MR) is 98.9 cm³/mol. The zero-order valence-corrected chi connectivity index (χ0v) is 16.0. The summed E-state index contributed by atoms with van der Waals surface area (Å²) in [7, 11) is 0. The van der Waals surface area contributed by atoms with E-state index in [1.807, 2.05) is 24.9 Å². The van der Waals surface area contributed by atoms with Gasteiger partial charge in [0.1, 0.15) is 5.76 Å². The summed E-state index contributed by atoms with van der Waals surface area (Å²) in [4.78, 5) is 23.9. The van der Waals surface area contributed by atoms with Gasteiger partial charge in [-0.1, -0.05) is 5.16 Å². The maximum absolute atomic E-state index is 12.7. The fourth-order valence-corrected chi connectivity index (χ4v) is 4.17. The van der Waals surface area contributed by atoms with Gasteiger partial charge in [-0.2, -0.15) is 0 Å².